The third-order valence-electron chi connectivity index (χ3n) is 3.91. The molecule has 2 aromatic rings. The third kappa shape index (κ3) is 3.26. The standard InChI is InChI=1S/C19H16N4O2/c1-23(14-6-4-3-5-7-14)19-21-17(16(12-20)18(24)22-19)13-8-10-15(25-2)11-9-13/h3-11,16H,1-2H3. The van der Waals surface area contributed by atoms with Crippen LogP contribution in [0.15, 0.2) is 64.6 Å². The number of nitriles is 1. The van der Waals surface area contributed by atoms with E-state index < -0.39 is 11.8 Å². The summed E-state index contributed by atoms with van der Waals surface area (Å²) in [6.07, 6.45) is 0. The predicted molar refractivity (Wildman–Crippen MR) is 95.9 cm³/mol. The summed E-state index contributed by atoms with van der Waals surface area (Å²) < 4.78 is 5.14. The van der Waals surface area contributed by atoms with Crippen molar-refractivity contribution in [2.75, 3.05) is 19.1 Å². The molecule has 3 rings (SSSR count). The molecular formula is C19H16N4O2. The normalized spacial score (nSPS) is 16.5. The lowest BCUT2D eigenvalue weighted by molar-refractivity contribution is -0.118. The van der Waals surface area contributed by atoms with Crippen molar-refractivity contribution in [1.29, 1.82) is 5.26 Å². The number of carbonyl (C=O) groups excluding carboxylic acids is 1. The molecule has 6 heteroatoms. The van der Waals surface area contributed by atoms with Crippen LogP contribution in [0.5, 0.6) is 5.75 Å². The molecule has 1 amide bonds. The van der Waals surface area contributed by atoms with Crippen molar-refractivity contribution in [2.45, 2.75) is 0 Å². The zero-order valence-electron chi connectivity index (χ0n) is 13.9. The molecule has 0 N–H and O–H groups in total. The zero-order chi connectivity index (χ0) is 17.8. The fourth-order valence-corrected chi connectivity index (χ4v) is 2.50. The molecule has 0 spiro atoms. The molecule has 0 bridgehead atoms. The molecule has 1 unspecified atom stereocenters. The minimum atomic E-state index is -1.01. The Morgan fingerprint density at radius 1 is 1.08 bits per heavy atom. The van der Waals surface area contributed by atoms with E-state index in [1.807, 2.05) is 36.4 Å². The Labute approximate surface area is 145 Å². The first kappa shape index (κ1) is 16.4. The van der Waals surface area contributed by atoms with Gasteiger partial charge in [0.15, 0.2) is 5.92 Å². The van der Waals surface area contributed by atoms with Crippen LogP contribution in [-0.4, -0.2) is 31.7 Å². The number of nitrogens with zero attached hydrogens (tertiary/aromatic N) is 4. The van der Waals surface area contributed by atoms with Crippen LogP contribution in [0, 0.1) is 17.2 Å². The first-order chi connectivity index (χ1) is 12.1. The number of anilines is 1. The summed E-state index contributed by atoms with van der Waals surface area (Å²) in [5, 5.41) is 9.38. The van der Waals surface area contributed by atoms with E-state index in [0.29, 0.717) is 17.0 Å². The SMILES string of the molecule is COc1ccc(C2=NC(N(C)c3ccccc3)=NC(=O)C2C#N)cc1. The number of guanidine groups is 1. The van der Waals surface area contributed by atoms with E-state index in [1.54, 1.807) is 43.3 Å². The van der Waals surface area contributed by atoms with Gasteiger partial charge in [-0.3, -0.25) is 4.79 Å². The number of hydrogen-bond acceptors (Lipinski definition) is 5. The van der Waals surface area contributed by atoms with Crippen molar-refractivity contribution in [2.24, 2.45) is 15.9 Å². The average molecular weight is 332 g/mol. The maximum Gasteiger partial charge on any atom is 0.272 e. The van der Waals surface area contributed by atoms with Crippen LogP contribution >= 0.6 is 0 Å². The second kappa shape index (κ2) is 6.97. The van der Waals surface area contributed by atoms with Gasteiger partial charge in [-0.05, 0) is 42.0 Å². The number of ether oxygens (including phenoxy) is 1. The largest absolute Gasteiger partial charge is 0.497 e. The number of amides is 1. The first-order valence-electron chi connectivity index (χ1n) is 7.68. The van der Waals surface area contributed by atoms with Crippen molar-refractivity contribution < 1.29 is 9.53 Å². The van der Waals surface area contributed by atoms with Crippen molar-refractivity contribution in [3.8, 4) is 11.8 Å². The Morgan fingerprint density at radius 3 is 2.36 bits per heavy atom. The maximum atomic E-state index is 12.3. The second-order valence-electron chi connectivity index (χ2n) is 5.43. The summed E-state index contributed by atoms with van der Waals surface area (Å²) in [6, 6.07) is 18.6. The molecule has 1 aliphatic heterocycles. The second-order valence-corrected chi connectivity index (χ2v) is 5.43. The van der Waals surface area contributed by atoms with Crippen LogP contribution in [0.1, 0.15) is 5.56 Å². The summed E-state index contributed by atoms with van der Waals surface area (Å²) in [7, 11) is 3.36. The number of benzene rings is 2. The molecule has 0 saturated heterocycles. The van der Waals surface area contributed by atoms with E-state index in [9.17, 15) is 10.1 Å². The molecule has 0 fully saturated rings. The Hall–Kier alpha value is -3.46. The van der Waals surface area contributed by atoms with E-state index in [0.717, 1.165) is 5.69 Å². The minimum absolute atomic E-state index is 0.258. The molecule has 0 radical (unpaired) electrons. The summed E-state index contributed by atoms with van der Waals surface area (Å²) in [5.74, 6) is -0.578. The van der Waals surface area contributed by atoms with Crippen LogP contribution in [0.4, 0.5) is 5.69 Å². The monoisotopic (exact) mass is 332 g/mol. The molecule has 0 aliphatic carbocycles. The smallest absolute Gasteiger partial charge is 0.272 e. The van der Waals surface area contributed by atoms with Crippen molar-refractivity contribution >= 4 is 23.3 Å². The highest BCUT2D eigenvalue weighted by atomic mass is 16.5. The zero-order valence-corrected chi connectivity index (χ0v) is 13.9. The summed E-state index contributed by atoms with van der Waals surface area (Å²) in [6.45, 7) is 0. The molecule has 0 saturated carbocycles. The quantitative estimate of drug-likeness (QED) is 0.865. The molecule has 25 heavy (non-hydrogen) atoms. The Kier molecular flexibility index (Phi) is 4.57. The van der Waals surface area contributed by atoms with Crippen molar-refractivity contribution in [1.82, 2.24) is 0 Å². The fourth-order valence-electron chi connectivity index (χ4n) is 2.50. The Balaban J connectivity index is 2.01. The van der Waals surface area contributed by atoms with Crippen LogP contribution in [-0.2, 0) is 4.79 Å². The first-order valence-corrected chi connectivity index (χ1v) is 7.68. The topological polar surface area (TPSA) is 78.0 Å². The number of aliphatic imine (C=N–C) groups is 2. The Bertz CT molecular complexity index is 880. The summed E-state index contributed by atoms with van der Waals surface area (Å²) in [5.41, 5.74) is 1.93. The highest BCUT2D eigenvalue weighted by Crippen LogP contribution is 2.21. The van der Waals surface area contributed by atoms with Gasteiger partial charge >= 0.3 is 0 Å². The number of methoxy groups -OCH3 is 1. The molecule has 1 heterocycles. The molecular weight excluding hydrogens is 316 g/mol. The van der Waals surface area contributed by atoms with Gasteiger partial charge in [-0.15, -0.1) is 0 Å². The van der Waals surface area contributed by atoms with E-state index >= 15 is 0 Å². The third-order valence-corrected chi connectivity index (χ3v) is 3.91. The van der Waals surface area contributed by atoms with Crippen LogP contribution in [0.3, 0.4) is 0 Å². The van der Waals surface area contributed by atoms with Crippen molar-refractivity contribution in [3.05, 3.63) is 60.2 Å². The lowest BCUT2D eigenvalue weighted by atomic mass is 9.96. The molecule has 6 nitrogen and oxygen atoms in total. The van der Waals surface area contributed by atoms with Gasteiger partial charge in [0.1, 0.15) is 5.75 Å². The molecule has 0 aromatic heterocycles. The number of hydrogen-bond donors (Lipinski definition) is 0. The van der Waals surface area contributed by atoms with E-state index in [-0.39, 0.29) is 5.96 Å². The number of para-hydroxylation sites is 1. The molecule has 1 aliphatic rings. The summed E-state index contributed by atoms with van der Waals surface area (Å²) in [4.78, 5) is 22.5. The highest BCUT2D eigenvalue weighted by Gasteiger charge is 2.31. The van der Waals surface area contributed by atoms with Gasteiger partial charge in [0.2, 0.25) is 5.96 Å². The van der Waals surface area contributed by atoms with Gasteiger partial charge in [0.05, 0.1) is 18.9 Å². The molecule has 124 valence electrons. The van der Waals surface area contributed by atoms with E-state index in [1.165, 1.54) is 0 Å². The van der Waals surface area contributed by atoms with Gasteiger partial charge in [0.25, 0.3) is 5.91 Å². The highest BCUT2D eigenvalue weighted by molar-refractivity contribution is 6.25. The van der Waals surface area contributed by atoms with Gasteiger partial charge in [0, 0.05) is 12.7 Å². The van der Waals surface area contributed by atoms with Crippen LogP contribution < -0.4 is 9.64 Å². The van der Waals surface area contributed by atoms with Crippen LogP contribution in [0.2, 0.25) is 0 Å². The summed E-state index contributed by atoms with van der Waals surface area (Å²) >= 11 is 0. The Morgan fingerprint density at radius 2 is 1.76 bits per heavy atom. The van der Waals surface area contributed by atoms with Gasteiger partial charge in [-0.2, -0.15) is 10.3 Å². The van der Waals surface area contributed by atoms with E-state index in [4.69, 9.17) is 4.74 Å². The maximum absolute atomic E-state index is 12.3. The van der Waals surface area contributed by atoms with E-state index in [2.05, 4.69) is 9.98 Å². The lowest BCUT2D eigenvalue weighted by Gasteiger charge is -2.23. The lowest BCUT2D eigenvalue weighted by Crippen LogP contribution is -2.35. The number of rotatable bonds is 3. The molecule has 2 aromatic carbocycles. The van der Waals surface area contributed by atoms with Gasteiger partial charge < -0.3 is 9.64 Å². The molecule has 1 atom stereocenters. The van der Waals surface area contributed by atoms with Crippen molar-refractivity contribution in [3.63, 3.8) is 0 Å². The number of carbonyl (C=O) groups is 1. The van der Waals surface area contributed by atoms with Gasteiger partial charge in [-0.1, -0.05) is 18.2 Å². The van der Waals surface area contributed by atoms with Crippen LogP contribution in [0.25, 0.3) is 0 Å². The fraction of sp³-hybridized carbons (Fsp3) is 0.158. The average Bonchev–Trinajstić information content (AvgIpc) is 2.67. The minimum Gasteiger partial charge on any atom is -0.497 e. The van der Waals surface area contributed by atoms with Gasteiger partial charge in [-0.25, -0.2) is 4.99 Å². The predicted octanol–water partition coefficient (Wildman–Crippen LogP) is 2.66.